The van der Waals surface area contributed by atoms with Crippen LogP contribution in [0.4, 0.5) is 5.82 Å². The summed E-state index contributed by atoms with van der Waals surface area (Å²) in [6.45, 7) is -0.606. The fourth-order valence-corrected chi connectivity index (χ4v) is 1.95. The van der Waals surface area contributed by atoms with E-state index < -0.39 is 36.3 Å². The number of hydrogen-bond acceptors (Lipinski definition) is 7. The molecule has 19 heavy (non-hydrogen) atoms. The molecule has 0 aromatic carbocycles. The molecule has 4 atom stereocenters. The SMILES string of the molecule is C#C[C@@]1(O)[C@@H](CO)O[C@H](n2ccc(N)nc2=O)[C@@H]1O. The van der Waals surface area contributed by atoms with Crippen LogP contribution in [0.2, 0.25) is 0 Å². The molecule has 0 unspecified atom stereocenters. The normalized spacial score (nSPS) is 34.1. The summed E-state index contributed by atoms with van der Waals surface area (Å²) in [5, 5.41) is 29.2. The van der Waals surface area contributed by atoms with Gasteiger partial charge in [0.15, 0.2) is 11.8 Å². The van der Waals surface area contributed by atoms with Crippen molar-refractivity contribution >= 4 is 5.82 Å². The van der Waals surface area contributed by atoms with Gasteiger partial charge in [-0.15, -0.1) is 6.42 Å². The molecule has 2 rings (SSSR count). The third kappa shape index (κ3) is 1.98. The fourth-order valence-electron chi connectivity index (χ4n) is 1.95. The summed E-state index contributed by atoms with van der Waals surface area (Å²) < 4.78 is 6.17. The van der Waals surface area contributed by atoms with E-state index in [1.165, 1.54) is 12.3 Å². The Labute approximate surface area is 108 Å². The first-order valence-corrected chi connectivity index (χ1v) is 5.43. The first kappa shape index (κ1) is 13.5. The molecule has 0 aliphatic carbocycles. The highest BCUT2D eigenvalue weighted by molar-refractivity contribution is 5.24. The number of rotatable bonds is 2. The zero-order valence-corrected chi connectivity index (χ0v) is 9.80. The third-order valence-electron chi connectivity index (χ3n) is 3.04. The number of aromatic nitrogens is 2. The van der Waals surface area contributed by atoms with Gasteiger partial charge < -0.3 is 25.8 Å². The molecule has 1 aromatic heterocycles. The van der Waals surface area contributed by atoms with E-state index in [9.17, 15) is 15.0 Å². The molecule has 8 nitrogen and oxygen atoms in total. The molecule has 1 aromatic rings. The van der Waals surface area contributed by atoms with Crippen molar-refractivity contribution in [3.05, 3.63) is 22.7 Å². The highest BCUT2D eigenvalue weighted by Gasteiger charge is 2.55. The van der Waals surface area contributed by atoms with Crippen LogP contribution in [0.1, 0.15) is 6.23 Å². The van der Waals surface area contributed by atoms with Crippen molar-refractivity contribution in [3.63, 3.8) is 0 Å². The van der Waals surface area contributed by atoms with Crippen molar-refractivity contribution in [2.45, 2.75) is 24.0 Å². The molecule has 5 N–H and O–H groups in total. The summed E-state index contributed by atoms with van der Waals surface area (Å²) in [6, 6.07) is 1.33. The van der Waals surface area contributed by atoms with Gasteiger partial charge >= 0.3 is 5.69 Å². The van der Waals surface area contributed by atoms with Crippen LogP contribution in [0.5, 0.6) is 0 Å². The standard InChI is InChI=1S/C11H13N3O5/c1-2-11(18)6(5-15)19-9(8(11)16)14-4-3-7(12)13-10(14)17/h1,3-4,6,8-9,15-16,18H,5H2,(H2,12,13,17)/t6-,8+,9+,11-/m1/s1. The number of hydrogen-bond donors (Lipinski definition) is 4. The molecule has 0 bridgehead atoms. The molecule has 1 aliphatic rings. The van der Waals surface area contributed by atoms with Crippen molar-refractivity contribution in [1.82, 2.24) is 9.55 Å². The van der Waals surface area contributed by atoms with E-state index in [-0.39, 0.29) is 5.82 Å². The van der Waals surface area contributed by atoms with Crippen molar-refractivity contribution in [1.29, 1.82) is 0 Å². The minimum absolute atomic E-state index is 0.0136. The number of terminal acetylenes is 1. The maximum atomic E-state index is 11.7. The number of aliphatic hydroxyl groups excluding tert-OH is 2. The van der Waals surface area contributed by atoms with Gasteiger partial charge in [-0.05, 0) is 6.07 Å². The van der Waals surface area contributed by atoms with Crippen LogP contribution in [-0.2, 0) is 4.74 Å². The van der Waals surface area contributed by atoms with E-state index in [0.717, 1.165) is 4.57 Å². The van der Waals surface area contributed by atoms with Crippen LogP contribution in [-0.4, -0.2) is 49.3 Å². The quantitative estimate of drug-likeness (QED) is 0.433. The monoisotopic (exact) mass is 267 g/mol. The van der Waals surface area contributed by atoms with Crippen molar-refractivity contribution in [2.24, 2.45) is 0 Å². The Morgan fingerprint density at radius 2 is 2.37 bits per heavy atom. The summed E-state index contributed by atoms with van der Waals surface area (Å²) in [4.78, 5) is 15.1. The Morgan fingerprint density at radius 1 is 1.68 bits per heavy atom. The van der Waals surface area contributed by atoms with Crippen LogP contribution in [0.3, 0.4) is 0 Å². The van der Waals surface area contributed by atoms with Crippen LogP contribution < -0.4 is 11.4 Å². The molecule has 0 spiro atoms. The number of nitrogens with zero attached hydrogens (tertiary/aromatic N) is 2. The lowest BCUT2D eigenvalue weighted by Gasteiger charge is -2.23. The predicted octanol–water partition coefficient (Wildman–Crippen LogP) is -2.56. The van der Waals surface area contributed by atoms with Gasteiger partial charge in [0.1, 0.15) is 18.0 Å². The topological polar surface area (TPSA) is 131 Å². The van der Waals surface area contributed by atoms with E-state index in [1.54, 1.807) is 0 Å². The molecule has 1 saturated heterocycles. The second-order valence-corrected chi connectivity index (χ2v) is 4.15. The lowest BCUT2D eigenvalue weighted by atomic mass is 9.93. The molecule has 102 valence electrons. The van der Waals surface area contributed by atoms with Gasteiger partial charge in [0.25, 0.3) is 0 Å². The zero-order chi connectivity index (χ0) is 14.2. The van der Waals surface area contributed by atoms with E-state index in [1.807, 2.05) is 5.92 Å². The molecule has 0 saturated carbocycles. The fraction of sp³-hybridized carbons (Fsp3) is 0.455. The first-order valence-electron chi connectivity index (χ1n) is 5.43. The average Bonchev–Trinajstić information content (AvgIpc) is 2.63. The second-order valence-electron chi connectivity index (χ2n) is 4.15. The average molecular weight is 267 g/mol. The zero-order valence-electron chi connectivity index (χ0n) is 9.80. The molecule has 1 fully saturated rings. The summed E-state index contributed by atoms with van der Waals surface area (Å²) in [5.41, 5.74) is 2.50. The Morgan fingerprint density at radius 3 is 2.84 bits per heavy atom. The minimum atomic E-state index is -2.08. The highest BCUT2D eigenvalue weighted by Crippen LogP contribution is 2.35. The van der Waals surface area contributed by atoms with Crippen LogP contribution in [0.15, 0.2) is 17.1 Å². The maximum absolute atomic E-state index is 11.7. The Hall–Kier alpha value is -1.92. The predicted molar refractivity (Wildman–Crippen MR) is 63.7 cm³/mol. The Bertz CT molecular complexity index is 580. The van der Waals surface area contributed by atoms with E-state index >= 15 is 0 Å². The molecule has 2 heterocycles. The number of ether oxygens (including phenoxy) is 1. The Balaban J connectivity index is 2.43. The Kier molecular flexibility index (Phi) is 3.30. The van der Waals surface area contributed by atoms with Crippen LogP contribution in [0, 0.1) is 12.3 Å². The minimum Gasteiger partial charge on any atom is -0.394 e. The van der Waals surface area contributed by atoms with Crippen molar-refractivity contribution in [2.75, 3.05) is 12.3 Å². The van der Waals surface area contributed by atoms with Crippen LogP contribution >= 0.6 is 0 Å². The summed E-state index contributed by atoms with van der Waals surface area (Å²) in [5.74, 6) is 2.00. The molecule has 1 aliphatic heterocycles. The van der Waals surface area contributed by atoms with E-state index in [2.05, 4.69) is 4.98 Å². The summed E-state index contributed by atoms with van der Waals surface area (Å²) in [6.07, 6.45) is 2.37. The third-order valence-corrected chi connectivity index (χ3v) is 3.04. The van der Waals surface area contributed by atoms with Gasteiger partial charge in [-0.1, -0.05) is 5.92 Å². The number of anilines is 1. The van der Waals surface area contributed by atoms with Gasteiger partial charge in [0.2, 0.25) is 0 Å². The van der Waals surface area contributed by atoms with Gasteiger partial charge in [0, 0.05) is 6.20 Å². The van der Waals surface area contributed by atoms with Gasteiger partial charge in [-0.2, -0.15) is 4.98 Å². The summed E-state index contributed by atoms with van der Waals surface area (Å²) in [7, 11) is 0. The smallest absolute Gasteiger partial charge is 0.351 e. The second kappa shape index (κ2) is 4.64. The molecule has 0 amide bonds. The van der Waals surface area contributed by atoms with E-state index in [4.69, 9.17) is 22.0 Å². The molecular formula is C11H13N3O5. The maximum Gasteiger partial charge on any atom is 0.351 e. The lowest BCUT2D eigenvalue weighted by molar-refractivity contribution is -0.0624. The molecule has 0 radical (unpaired) electrons. The highest BCUT2D eigenvalue weighted by atomic mass is 16.6. The van der Waals surface area contributed by atoms with Crippen molar-refractivity contribution < 1.29 is 20.1 Å². The van der Waals surface area contributed by atoms with E-state index in [0.29, 0.717) is 0 Å². The number of nitrogens with two attached hydrogens (primary N) is 1. The van der Waals surface area contributed by atoms with Gasteiger partial charge in [0.05, 0.1) is 6.61 Å². The summed E-state index contributed by atoms with van der Waals surface area (Å²) >= 11 is 0. The number of nitrogen functional groups attached to an aromatic ring is 1. The van der Waals surface area contributed by atoms with Gasteiger partial charge in [-0.3, -0.25) is 4.57 Å². The molecule has 8 heteroatoms. The van der Waals surface area contributed by atoms with Crippen LogP contribution in [0.25, 0.3) is 0 Å². The number of aliphatic hydroxyl groups is 3. The molecular weight excluding hydrogens is 254 g/mol. The largest absolute Gasteiger partial charge is 0.394 e. The van der Waals surface area contributed by atoms with Crippen molar-refractivity contribution in [3.8, 4) is 12.3 Å². The first-order chi connectivity index (χ1) is 8.93. The lowest BCUT2D eigenvalue weighted by Crippen LogP contribution is -2.48. The van der Waals surface area contributed by atoms with Gasteiger partial charge in [-0.25, -0.2) is 4.79 Å².